The summed E-state index contributed by atoms with van der Waals surface area (Å²) in [4.78, 5) is 8.98. The van der Waals surface area contributed by atoms with Crippen LogP contribution in [0.25, 0.3) is 5.82 Å². The molecule has 1 aliphatic heterocycles. The van der Waals surface area contributed by atoms with Gasteiger partial charge in [-0.05, 0) is 52.7 Å². The van der Waals surface area contributed by atoms with Crippen molar-refractivity contribution < 1.29 is 4.74 Å². The zero-order chi connectivity index (χ0) is 17.6. The van der Waals surface area contributed by atoms with E-state index in [9.17, 15) is 0 Å². The lowest BCUT2D eigenvalue weighted by Gasteiger charge is -2.19. The maximum Gasteiger partial charge on any atom is 0.241 e. The third-order valence-corrected chi connectivity index (χ3v) is 4.66. The summed E-state index contributed by atoms with van der Waals surface area (Å²) in [7, 11) is 0. The predicted octanol–water partition coefficient (Wildman–Crippen LogP) is 5.25. The summed E-state index contributed by atoms with van der Waals surface area (Å²) in [5, 5.41) is 5.57. The number of aryl methyl sites for hydroxylation is 1. The van der Waals surface area contributed by atoms with Gasteiger partial charge in [0.2, 0.25) is 5.90 Å². The average Bonchev–Trinajstić information content (AvgIpc) is 2.96. The Bertz CT molecular complexity index is 1020. The van der Waals surface area contributed by atoms with Gasteiger partial charge in [0, 0.05) is 22.8 Å². The van der Waals surface area contributed by atoms with E-state index in [1.807, 2.05) is 25.1 Å². The predicted molar refractivity (Wildman–Crippen MR) is 101 cm³/mol. The molecular weight excluding hydrogens is 427 g/mol. The summed E-state index contributed by atoms with van der Waals surface area (Å²) in [6.45, 7) is 2.36. The number of benzene rings is 1. The molecule has 8 heteroatoms. The van der Waals surface area contributed by atoms with Crippen LogP contribution in [-0.4, -0.2) is 20.7 Å². The summed E-state index contributed by atoms with van der Waals surface area (Å²) >= 11 is 15.8. The zero-order valence-electron chi connectivity index (χ0n) is 13.0. The highest BCUT2D eigenvalue weighted by atomic mass is 79.9. The van der Waals surface area contributed by atoms with Crippen LogP contribution in [-0.2, 0) is 11.3 Å². The third kappa shape index (κ3) is 3.05. The maximum atomic E-state index is 6.27. The first-order valence-electron chi connectivity index (χ1n) is 7.40. The van der Waals surface area contributed by atoms with E-state index in [0.717, 1.165) is 16.8 Å². The van der Waals surface area contributed by atoms with E-state index in [-0.39, 0.29) is 0 Å². The fourth-order valence-electron chi connectivity index (χ4n) is 2.69. The van der Waals surface area contributed by atoms with Gasteiger partial charge in [0.25, 0.3) is 0 Å². The highest BCUT2D eigenvalue weighted by Crippen LogP contribution is 2.33. The smallest absolute Gasteiger partial charge is 0.241 e. The second-order valence-electron chi connectivity index (χ2n) is 5.51. The molecule has 0 bridgehead atoms. The second-order valence-corrected chi connectivity index (χ2v) is 7.17. The van der Waals surface area contributed by atoms with Crippen LogP contribution < -0.4 is 0 Å². The minimum atomic E-state index is 0.383. The summed E-state index contributed by atoms with van der Waals surface area (Å²) in [5.41, 5.74) is 3.47. The molecule has 1 aliphatic rings. The molecule has 0 spiro atoms. The molecule has 1 aromatic carbocycles. The molecule has 0 amide bonds. The zero-order valence-corrected chi connectivity index (χ0v) is 16.1. The number of halogens is 3. The number of aromatic nitrogens is 3. The topological polar surface area (TPSA) is 52.3 Å². The van der Waals surface area contributed by atoms with Crippen LogP contribution in [0.4, 0.5) is 5.69 Å². The largest absolute Gasteiger partial charge is 0.471 e. The van der Waals surface area contributed by atoms with Gasteiger partial charge in [0.05, 0.1) is 10.7 Å². The summed E-state index contributed by atoms with van der Waals surface area (Å²) < 4.78 is 8.10. The Balaban J connectivity index is 1.87. The van der Waals surface area contributed by atoms with Gasteiger partial charge in [-0.25, -0.2) is 14.7 Å². The van der Waals surface area contributed by atoms with E-state index in [0.29, 0.717) is 38.7 Å². The van der Waals surface area contributed by atoms with Crippen LogP contribution in [0.5, 0.6) is 0 Å². The first-order valence-corrected chi connectivity index (χ1v) is 8.95. The van der Waals surface area contributed by atoms with E-state index in [1.54, 1.807) is 23.0 Å². The number of pyridine rings is 1. The molecule has 0 atom stereocenters. The normalized spacial score (nSPS) is 13.2. The Morgan fingerprint density at radius 3 is 2.88 bits per heavy atom. The van der Waals surface area contributed by atoms with Gasteiger partial charge in [-0.1, -0.05) is 23.2 Å². The van der Waals surface area contributed by atoms with Gasteiger partial charge in [-0.2, -0.15) is 5.10 Å². The Morgan fingerprint density at radius 2 is 2.08 bits per heavy atom. The number of nitrogens with zero attached hydrogens (tertiary/aromatic N) is 4. The number of fused-ring (bicyclic) bond motifs is 1. The first-order chi connectivity index (χ1) is 12.0. The second kappa shape index (κ2) is 6.44. The van der Waals surface area contributed by atoms with Gasteiger partial charge >= 0.3 is 0 Å². The number of hydrogen-bond donors (Lipinski definition) is 0. The van der Waals surface area contributed by atoms with E-state index >= 15 is 0 Å². The molecule has 25 heavy (non-hydrogen) atoms. The van der Waals surface area contributed by atoms with Crippen LogP contribution in [0, 0.1) is 6.92 Å². The van der Waals surface area contributed by atoms with E-state index in [4.69, 9.17) is 27.9 Å². The van der Waals surface area contributed by atoms with Gasteiger partial charge in [0.15, 0.2) is 5.82 Å². The molecule has 2 aromatic heterocycles. The molecule has 0 N–H and O–H groups in total. The lowest BCUT2D eigenvalue weighted by Crippen LogP contribution is -2.17. The van der Waals surface area contributed by atoms with Crippen LogP contribution in [0.2, 0.25) is 10.0 Å². The Hall–Kier alpha value is -1.89. The summed E-state index contributed by atoms with van der Waals surface area (Å²) in [6.07, 6.45) is 1.66. The summed E-state index contributed by atoms with van der Waals surface area (Å²) in [5.74, 6) is 0.965. The Kier molecular flexibility index (Phi) is 4.27. The lowest BCUT2D eigenvalue weighted by molar-refractivity contribution is 0.286. The first kappa shape index (κ1) is 16.6. The molecule has 3 aromatic rings. The van der Waals surface area contributed by atoms with Gasteiger partial charge < -0.3 is 4.74 Å². The van der Waals surface area contributed by atoms with E-state index < -0.39 is 0 Å². The molecule has 5 nitrogen and oxygen atoms in total. The van der Waals surface area contributed by atoms with Gasteiger partial charge in [-0.15, -0.1) is 0 Å². The van der Waals surface area contributed by atoms with Crippen LogP contribution in [0.15, 0.2) is 46.1 Å². The van der Waals surface area contributed by atoms with Crippen molar-refractivity contribution >= 4 is 50.7 Å². The Morgan fingerprint density at radius 1 is 1.24 bits per heavy atom. The number of hydrogen-bond acceptors (Lipinski definition) is 4. The van der Waals surface area contributed by atoms with Gasteiger partial charge in [0.1, 0.15) is 16.9 Å². The van der Waals surface area contributed by atoms with Crippen molar-refractivity contribution in [1.29, 1.82) is 0 Å². The van der Waals surface area contributed by atoms with Crippen molar-refractivity contribution in [2.24, 2.45) is 4.99 Å². The minimum absolute atomic E-state index is 0.383. The van der Waals surface area contributed by atoms with E-state index in [1.165, 1.54) is 0 Å². The van der Waals surface area contributed by atoms with Crippen molar-refractivity contribution in [2.45, 2.75) is 13.5 Å². The SMILES string of the molecule is Cc1cc(Cl)cc2c1N=C(c1cc(Br)nn1-c1ncccc1Cl)OC2. The van der Waals surface area contributed by atoms with Crippen molar-refractivity contribution in [1.82, 2.24) is 14.8 Å². The highest BCUT2D eigenvalue weighted by molar-refractivity contribution is 9.10. The minimum Gasteiger partial charge on any atom is -0.471 e. The average molecular weight is 438 g/mol. The lowest BCUT2D eigenvalue weighted by atomic mass is 10.1. The van der Waals surface area contributed by atoms with Crippen molar-refractivity contribution in [3.8, 4) is 5.82 Å². The van der Waals surface area contributed by atoms with Gasteiger partial charge in [-0.3, -0.25) is 0 Å². The molecular formula is C17H11BrCl2N4O. The maximum absolute atomic E-state index is 6.27. The van der Waals surface area contributed by atoms with Crippen molar-refractivity contribution in [3.63, 3.8) is 0 Å². The molecule has 4 rings (SSSR count). The highest BCUT2D eigenvalue weighted by Gasteiger charge is 2.23. The van der Waals surface area contributed by atoms with Crippen molar-refractivity contribution in [2.75, 3.05) is 0 Å². The monoisotopic (exact) mass is 436 g/mol. The third-order valence-electron chi connectivity index (χ3n) is 3.76. The molecule has 0 saturated carbocycles. The summed E-state index contributed by atoms with van der Waals surface area (Å²) in [6, 6.07) is 9.10. The van der Waals surface area contributed by atoms with Crippen LogP contribution in [0.1, 0.15) is 16.8 Å². The van der Waals surface area contributed by atoms with Crippen LogP contribution in [0.3, 0.4) is 0 Å². The standard InChI is InChI=1S/C17H11BrCl2N4O/c1-9-5-11(19)6-10-8-25-17(22-15(9)10)13-7-14(18)23-24(13)16-12(20)3-2-4-21-16/h2-7H,8H2,1H3. The number of aliphatic imine (C=N–C) groups is 1. The quantitative estimate of drug-likeness (QED) is 0.549. The fraction of sp³-hybridized carbons (Fsp3) is 0.118. The molecule has 0 unspecified atom stereocenters. The molecule has 0 radical (unpaired) electrons. The number of ether oxygens (including phenoxy) is 1. The van der Waals surface area contributed by atoms with Crippen molar-refractivity contribution in [3.05, 3.63) is 68.0 Å². The molecule has 3 heterocycles. The number of rotatable bonds is 2. The molecule has 126 valence electrons. The molecule has 0 saturated heterocycles. The Labute approximate surface area is 162 Å². The molecule has 0 fully saturated rings. The molecule has 0 aliphatic carbocycles. The van der Waals surface area contributed by atoms with E-state index in [2.05, 4.69) is 31.0 Å². The van der Waals surface area contributed by atoms with Crippen LogP contribution >= 0.6 is 39.1 Å². The fourth-order valence-corrected chi connectivity index (χ4v) is 3.56.